The van der Waals surface area contributed by atoms with E-state index in [0.717, 1.165) is 38.9 Å². The quantitative estimate of drug-likeness (QED) is 0.00414. The highest BCUT2D eigenvalue weighted by Gasteiger charge is 2.03. The minimum Gasteiger partial charge on any atom is -0.411 e. The highest BCUT2D eigenvalue weighted by molar-refractivity contribution is 8.24. The van der Waals surface area contributed by atoms with Crippen LogP contribution < -0.4 is 43.7 Å². The lowest BCUT2D eigenvalue weighted by atomic mass is 10.3. The van der Waals surface area contributed by atoms with E-state index in [1.54, 1.807) is 109 Å². The lowest BCUT2D eigenvalue weighted by Gasteiger charge is -2.03. The van der Waals surface area contributed by atoms with Crippen LogP contribution in [0.5, 0.6) is 0 Å². The van der Waals surface area contributed by atoms with E-state index in [-0.39, 0.29) is 51.6 Å². The third kappa shape index (κ3) is 140. The molecule has 3 radical (unpaired) electrons. The molecule has 0 aliphatic heterocycles. The number of carbonyl (C=O) groups excluding carboxylic acids is 6. The maximum atomic E-state index is 10.5. The fraction of sp³-hybridized carbons (Fsp3) is 0.270. The first kappa shape index (κ1) is 113. The van der Waals surface area contributed by atoms with Crippen molar-refractivity contribution in [2.45, 2.75) is 86.6 Å². The number of pyridine rings is 6. The number of halogens is 4. The van der Waals surface area contributed by atoms with E-state index in [1.807, 2.05) is 85.7 Å². The number of allylic oxidation sites excluding steroid dienone is 1. The first-order chi connectivity index (χ1) is 46.2. The maximum Gasteiger partial charge on any atom is 0.339 e. The number of hydrogen-bond donors (Lipinski definition) is 10. The number of rotatable bonds is 14. The van der Waals surface area contributed by atoms with Gasteiger partial charge in [-0.15, -0.1) is 10.3 Å². The number of H-pyrrole nitrogens is 1. The van der Waals surface area contributed by atoms with Gasteiger partial charge in [0.2, 0.25) is 23.9 Å². The molecule has 6 rings (SSSR count). The molecule has 14 N–H and O–H groups in total. The van der Waals surface area contributed by atoms with E-state index in [1.165, 1.54) is 51.5 Å². The molecule has 0 fully saturated rings. The average molecular weight is 1480 g/mol. The van der Waals surface area contributed by atoms with Gasteiger partial charge in [0, 0.05) is 129 Å². The molecule has 6 aromatic rings. The normalized spacial score (nSPS) is 8.22. The summed E-state index contributed by atoms with van der Waals surface area (Å²) in [5.41, 5.74) is 20.4. The van der Waals surface area contributed by atoms with E-state index in [2.05, 4.69) is 97.7 Å². The molecule has 3 amide bonds. The zero-order valence-corrected chi connectivity index (χ0v) is 59.5. The molecule has 541 valence electrons. The number of nitrogens with one attached hydrogen (secondary N) is 3. The Balaban J connectivity index is -0.0000000942. The average Bonchev–Trinajstić information content (AvgIpc) is 1.78. The standard InChI is InChI=1S/2C7H8N2O.C6H8N4.C5H4ClN.C5H8N2O.C5H6N2.C5H5NO.C5H11NO.C5H7NO.C4H7NO.C3H3N.C2H5NO.C2H4O.CH4O.CH4.B.Cl3OP/c1-6(10)9-7-4-2-3-5-8-7;8-7(10)6-9-4-2-1-3-5-9;7-6(8)10-5-3-1-2-4-9-5;6-5-3-1-2-4-7-5;6-4-2-1-3-5-7-8;6-5-3-1-2-4-7-5;7-5-3-1-2-4-6-5;1-6(2)4-3-5-7;6-4-2-1-3-5-7;1-3-5-4(2)6;2*1-2-3-4;1-2-3;1-2;;;1-5(2,3)4/h2-5H,1H3,(H,8,9,10);1-5H,6H2,(H-,8,10);1-4H,(H4,7,8,9,10);1-4H;5,8H,1-3H2;1-4H,(H2,6,7);1-4H,(H,6,7);5H,3-4H2,1-2H3;5H,1-3H2;3H,1H2,2H3,(H,5,6);2H,1H2;2,4H,1H3;2H,1H3;2H,1H3;1H4;;/p+1. The van der Waals surface area contributed by atoms with E-state index in [0.29, 0.717) is 61.1 Å². The van der Waals surface area contributed by atoms with Crippen molar-refractivity contribution in [3.63, 3.8) is 0 Å². The van der Waals surface area contributed by atoms with Crippen molar-refractivity contribution in [3.8, 4) is 18.2 Å². The largest absolute Gasteiger partial charge is 0.411 e. The Hall–Kier alpha value is -10.5. The van der Waals surface area contributed by atoms with Crippen LogP contribution in [0.25, 0.3) is 0 Å². The Morgan fingerprint density at radius 1 is 0.727 bits per heavy atom. The lowest BCUT2D eigenvalue weighted by molar-refractivity contribution is -0.684. The summed E-state index contributed by atoms with van der Waals surface area (Å²) in [5.74, 6) is 1.22. The predicted molar refractivity (Wildman–Crippen MR) is 397 cm³/mol. The van der Waals surface area contributed by atoms with Gasteiger partial charge in [0.1, 0.15) is 35.6 Å². The number of primary amides is 1. The number of aliphatic hydroxyl groups excluding tert-OH is 1. The number of aromatic nitrogens is 6. The molecule has 0 aliphatic carbocycles. The molecule has 0 aromatic carbocycles. The van der Waals surface area contributed by atoms with Gasteiger partial charge in [-0.1, -0.05) is 68.6 Å². The van der Waals surface area contributed by atoms with Crippen molar-refractivity contribution in [3.05, 3.63) is 194 Å². The van der Waals surface area contributed by atoms with Crippen molar-refractivity contribution >= 4 is 131 Å². The molecule has 30 nitrogen and oxygen atoms in total. The van der Waals surface area contributed by atoms with Gasteiger partial charge in [-0.05, 0) is 142 Å². The van der Waals surface area contributed by atoms with Crippen LogP contribution in [0.4, 0.5) is 17.5 Å². The number of nitrogen functional groups attached to an aromatic ring is 1. The highest BCUT2D eigenvalue weighted by Crippen LogP contribution is 2.61. The third-order valence-corrected chi connectivity index (χ3v) is 7.72. The van der Waals surface area contributed by atoms with Crippen LogP contribution in [0.3, 0.4) is 0 Å². The number of aldehydes is 3. The summed E-state index contributed by atoms with van der Waals surface area (Å²) >= 11 is 19.3. The number of oxime groups is 2. The molecule has 6 heterocycles. The Morgan fingerprint density at radius 2 is 1.19 bits per heavy atom. The molecule has 36 heteroatoms. The first-order valence-electron chi connectivity index (χ1n) is 27.4. The SMILES string of the molecule is C.C=CC#N.C=CNC(C)=O.CC(=O)Nc1ccccn1.CC=NO.CC=O.CN(C)CCC=O.CO.Clc1ccccn1.N#CCCCC=NO.N#CCCCC=O.NC(=O)C[n+]1ccccc1.NC(N)=Nc1ccccn1.Nc1ccccn1.O=P(Cl)(Cl)Cl.O=c1cccc[nH]1.[B]. The van der Waals surface area contributed by atoms with Gasteiger partial charge in [0.15, 0.2) is 24.2 Å². The van der Waals surface area contributed by atoms with Crippen LogP contribution in [0.15, 0.2) is 198 Å². The van der Waals surface area contributed by atoms with Gasteiger partial charge in [-0.3, -0.25) is 23.7 Å². The monoisotopic (exact) mass is 1470 g/mol. The lowest BCUT2D eigenvalue weighted by Crippen LogP contribution is -2.39. The van der Waals surface area contributed by atoms with Crippen molar-refractivity contribution in [2.24, 2.45) is 32.5 Å². The van der Waals surface area contributed by atoms with Crippen LogP contribution in [0.1, 0.15) is 80.1 Å². The molecular formula is C63H93BCl4N19O11P+. The second-order valence-corrected chi connectivity index (χ2v) is 22.9. The Labute approximate surface area is 602 Å². The summed E-state index contributed by atoms with van der Waals surface area (Å²) < 4.78 is 11.2. The van der Waals surface area contributed by atoms with Gasteiger partial charge in [0.05, 0.1) is 18.2 Å². The number of amides is 3. The molecule has 6 aromatic heterocycles. The number of hydrogen-bond acceptors (Lipinski definition) is 23. The molecule has 0 saturated carbocycles. The minimum atomic E-state index is -3.22. The van der Waals surface area contributed by atoms with Gasteiger partial charge < -0.3 is 73.4 Å². The number of carbonyl (C=O) groups is 6. The number of aromatic amines is 1. The van der Waals surface area contributed by atoms with Crippen LogP contribution in [-0.2, 0) is 39.9 Å². The zero-order chi connectivity index (χ0) is 76.0. The number of nitrogens with two attached hydrogens (primary N) is 4. The second-order valence-electron chi connectivity index (χ2n) is 15.8. The summed E-state index contributed by atoms with van der Waals surface area (Å²) in [5, 5.41) is 53.3. The van der Waals surface area contributed by atoms with Gasteiger partial charge >= 0.3 is 5.20 Å². The molecule has 0 saturated heterocycles. The van der Waals surface area contributed by atoms with Crippen LogP contribution in [0, 0.1) is 34.0 Å². The molecular weight excluding hydrogens is 1380 g/mol. The Morgan fingerprint density at radius 3 is 1.44 bits per heavy atom. The summed E-state index contributed by atoms with van der Waals surface area (Å²) in [6.45, 7) is 13.5. The topological polar surface area (TPSA) is 508 Å². The predicted octanol–water partition coefficient (Wildman–Crippen LogP) is 9.72. The molecule has 0 aliphatic rings. The second kappa shape index (κ2) is 96.1. The summed E-state index contributed by atoms with van der Waals surface area (Å²) in [6, 6.07) is 37.7. The summed E-state index contributed by atoms with van der Waals surface area (Å²) in [7, 11) is 4.90. The van der Waals surface area contributed by atoms with E-state index >= 15 is 0 Å². The third-order valence-electron chi connectivity index (χ3n) is 7.49. The molecule has 0 bridgehead atoms. The summed E-state index contributed by atoms with van der Waals surface area (Å²) in [6.07, 6.45) is 23.9. The number of unbranched alkanes of at least 4 members (excludes halogenated alkanes) is 4. The van der Waals surface area contributed by atoms with Crippen molar-refractivity contribution in [1.82, 2.24) is 35.1 Å². The number of aliphatic hydroxyl groups is 1. The van der Waals surface area contributed by atoms with Gasteiger partial charge in [-0.2, -0.15) is 25.3 Å². The van der Waals surface area contributed by atoms with Gasteiger partial charge in [0.25, 0.3) is 5.91 Å². The Bertz CT molecular complexity index is 3020. The van der Waals surface area contributed by atoms with Crippen LogP contribution >= 0.6 is 50.5 Å². The smallest absolute Gasteiger partial charge is 0.339 e. The minimum absolute atomic E-state index is 0. The van der Waals surface area contributed by atoms with Crippen molar-refractivity contribution in [1.29, 1.82) is 15.8 Å². The van der Waals surface area contributed by atoms with Gasteiger partial charge in [-0.25, -0.2) is 19.9 Å². The van der Waals surface area contributed by atoms with E-state index in [4.69, 9.17) is 70.6 Å². The summed E-state index contributed by atoms with van der Waals surface area (Å²) in [4.78, 5) is 92.4. The van der Waals surface area contributed by atoms with Crippen LogP contribution in [-0.4, -0.2) is 136 Å². The molecule has 99 heavy (non-hydrogen) atoms. The highest BCUT2D eigenvalue weighted by atomic mass is 36.0. The van der Waals surface area contributed by atoms with Crippen LogP contribution in [0.2, 0.25) is 5.15 Å². The van der Waals surface area contributed by atoms with E-state index in [9.17, 15) is 33.3 Å². The first-order valence-corrected chi connectivity index (χ1v) is 32.2. The maximum absolute atomic E-state index is 10.5. The fourth-order valence-electron chi connectivity index (χ4n) is 4.03. The molecule has 0 spiro atoms. The van der Waals surface area contributed by atoms with E-state index < -0.39 is 5.20 Å². The number of nitrogens with zero attached hydrogens (tertiary/aromatic N) is 12. The molecule has 0 atom stereocenters. The number of nitriles is 3. The zero-order valence-electron chi connectivity index (χ0n) is 55.6. The van der Waals surface area contributed by atoms with Crippen molar-refractivity contribution < 1.29 is 53.4 Å². The number of anilines is 2. The number of guanidine groups is 1. The molecule has 0 unspecified atom stereocenters. The fourth-order valence-corrected chi connectivity index (χ4v) is 4.16. The van der Waals surface area contributed by atoms with Crippen molar-refractivity contribution in [2.75, 3.05) is 38.8 Å². The Kier molecular flexibility index (Phi) is 110. The number of aliphatic imine (C=N–C) groups is 1.